The summed E-state index contributed by atoms with van der Waals surface area (Å²) in [7, 11) is 0. The van der Waals surface area contributed by atoms with Gasteiger partial charge in [-0.1, -0.05) is 23.7 Å². The highest BCUT2D eigenvalue weighted by atomic mass is 35.5. The maximum absolute atomic E-state index is 13.0. The van der Waals surface area contributed by atoms with E-state index < -0.39 is 23.3 Å². The molecule has 3 rings (SSSR count). The molecule has 5 nitrogen and oxygen atoms in total. The van der Waals surface area contributed by atoms with E-state index >= 15 is 0 Å². The highest BCUT2D eigenvalue weighted by Gasteiger charge is 2.25. The lowest BCUT2D eigenvalue weighted by Gasteiger charge is -2.18. The second-order valence-corrected chi connectivity index (χ2v) is 6.74. The van der Waals surface area contributed by atoms with Gasteiger partial charge in [0, 0.05) is 29.1 Å². The van der Waals surface area contributed by atoms with Crippen molar-refractivity contribution in [2.24, 2.45) is 0 Å². The van der Waals surface area contributed by atoms with Crippen molar-refractivity contribution >= 4 is 23.2 Å². The van der Waals surface area contributed by atoms with Crippen molar-refractivity contribution in [3.05, 3.63) is 92.7 Å². The van der Waals surface area contributed by atoms with Crippen molar-refractivity contribution in [3.8, 4) is 5.75 Å². The molecule has 0 bridgehead atoms. The normalized spacial score (nSPS) is 11.8. The van der Waals surface area contributed by atoms with Crippen molar-refractivity contribution < 1.29 is 18.7 Å². The fourth-order valence-electron chi connectivity index (χ4n) is 2.94. The van der Waals surface area contributed by atoms with E-state index in [0.29, 0.717) is 16.3 Å². The molecule has 0 aliphatic rings. The van der Waals surface area contributed by atoms with Gasteiger partial charge < -0.3 is 14.8 Å². The first-order chi connectivity index (χ1) is 13.3. The van der Waals surface area contributed by atoms with Crippen LogP contribution < -0.4 is 10.9 Å². The van der Waals surface area contributed by atoms with Crippen molar-refractivity contribution in [3.63, 3.8) is 0 Å². The molecule has 2 N–H and O–H groups in total. The summed E-state index contributed by atoms with van der Waals surface area (Å²) in [5.41, 5.74) is 0.306. The SMILES string of the molecule is Cc1cc(O)c(C(CC(=O)Nc2ccc(F)cc2)c2ccc(Cl)cc2)c(=O)o1. The topological polar surface area (TPSA) is 79.5 Å². The predicted molar refractivity (Wildman–Crippen MR) is 104 cm³/mol. The molecular weight excluding hydrogens is 385 g/mol. The van der Waals surface area contributed by atoms with Gasteiger partial charge in [0.05, 0.1) is 5.56 Å². The van der Waals surface area contributed by atoms with Gasteiger partial charge in [0.25, 0.3) is 0 Å². The first kappa shape index (κ1) is 19.6. The number of anilines is 1. The van der Waals surface area contributed by atoms with Gasteiger partial charge in [-0.2, -0.15) is 0 Å². The number of aromatic hydroxyl groups is 1. The summed E-state index contributed by atoms with van der Waals surface area (Å²) in [6.45, 7) is 1.55. The molecule has 1 amide bonds. The lowest BCUT2D eigenvalue weighted by atomic mass is 9.88. The van der Waals surface area contributed by atoms with Crippen LogP contribution in [0.4, 0.5) is 10.1 Å². The van der Waals surface area contributed by atoms with E-state index in [1.54, 1.807) is 31.2 Å². The van der Waals surface area contributed by atoms with Gasteiger partial charge in [0.15, 0.2) is 0 Å². The molecule has 28 heavy (non-hydrogen) atoms. The number of carbonyl (C=O) groups excluding carboxylic acids is 1. The fourth-order valence-corrected chi connectivity index (χ4v) is 3.06. The van der Waals surface area contributed by atoms with Crippen LogP contribution in [0.5, 0.6) is 5.75 Å². The Labute approximate surface area is 165 Å². The molecule has 0 saturated carbocycles. The van der Waals surface area contributed by atoms with Crippen LogP contribution in [-0.4, -0.2) is 11.0 Å². The van der Waals surface area contributed by atoms with E-state index in [1.807, 2.05) is 0 Å². The Kier molecular flexibility index (Phi) is 5.80. The molecule has 144 valence electrons. The molecule has 7 heteroatoms. The lowest BCUT2D eigenvalue weighted by Crippen LogP contribution is -2.21. The maximum Gasteiger partial charge on any atom is 0.343 e. The third-order valence-corrected chi connectivity index (χ3v) is 4.48. The van der Waals surface area contributed by atoms with Gasteiger partial charge in [0.2, 0.25) is 5.91 Å². The number of hydrogen-bond acceptors (Lipinski definition) is 4. The summed E-state index contributed by atoms with van der Waals surface area (Å²) < 4.78 is 18.1. The molecule has 0 aliphatic carbocycles. The van der Waals surface area contributed by atoms with Crippen LogP contribution >= 0.6 is 11.6 Å². The molecule has 1 heterocycles. The highest BCUT2D eigenvalue weighted by molar-refractivity contribution is 6.30. The summed E-state index contributed by atoms with van der Waals surface area (Å²) in [6.07, 6.45) is -0.139. The molecule has 2 aromatic carbocycles. The lowest BCUT2D eigenvalue weighted by molar-refractivity contribution is -0.116. The van der Waals surface area contributed by atoms with Gasteiger partial charge in [-0.25, -0.2) is 9.18 Å². The molecule has 0 spiro atoms. The number of benzene rings is 2. The predicted octanol–water partition coefficient (Wildman–Crippen LogP) is 4.61. The fraction of sp³-hybridized carbons (Fsp3) is 0.143. The van der Waals surface area contributed by atoms with Gasteiger partial charge in [-0.15, -0.1) is 0 Å². The zero-order chi connectivity index (χ0) is 20.3. The zero-order valence-corrected chi connectivity index (χ0v) is 15.7. The average molecular weight is 402 g/mol. The van der Waals surface area contributed by atoms with Gasteiger partial charge in [-0.05, 0) is 48.9 Å². The van der Waals surface area contributed by atoms with E-state index in [-0.39, 0.29) is 23.5 Å². The second kappa shape index (κ2) is 8.27. The van der Waals surface area contributed by atoms with E-state index in [9.17, 15) is 19.1 Å². The standard InChI is InChI=1S/C21H17ClFNO4/c1-12-10-18(25)20(21(27)28-12)17(13-2-4-14(22)5-3-13)11-19(26)24-16-8-6-15(23)7-9-16/h2-10,17,25H,11H2,1H3,(H,24,26). The number of rotatable bonds is 5. The number of halogens is 2. The molecular formula is C21H17ClFNO4. The van der Waals surface area contributed by atoms with Crippen LogP contribution in [0.3, 0.4) is 0 Å². The van der Waals surface area contributed by atoms with Crippen molar-refractivity contribution in [2.75, 3.05) is 5.32 Å². The molecule has 3 aromatic rings. The number of amides is 1. The quantitative estimate of drug-likeness (QED) is 0.654. The Morgan fingerprint density at radius 1 is 1.18 bits per heavy atom. The summed E-state index contributed by atoms with van der Waals surface area (Å²) in [4.78, 5) is 25.0. The summed E-state index contributed by atoms with van der Waals surface area (Å²) in [6, 6.07) is 13.3. The molecule has 0 radical (unpaired) electrons. The van der Waals surface area contributed by atoms with Crippen LogP contribution in [0.1, 0.15) is 29.2 Å². The van der Waals surface area contributed by atoms with Crippen molar-refractivity contribution in [2.45, 2.75) is 19.3 Å². The first-order valence-electron chi connectivity index (χ1n) is 8.48. The van der Waals surface area contributed by atoms with Crippen molar-refractivity contribution in [1.82, 2.24) is 0 Å². The van der Waals surface area contributed by atoms with Crippen LogP contribution in [0.15, 0.2) is 63.8 Å². The average Bonchev–Trinajstić information content (AvgIpc) is 2.63. The first-order valence-corrected chi connectivity index (χ1v) is 8.86. The number of carbonyl (C=O) groups is 1. The molecule has 1 aromatic heterocycles. The van der Waals surface area contributed by atoms with Crippen LogP contribution in [-0.2, 0) is 4.79 Å². The largest absolute Gasteiger partial charge is 0.507 e. The summed E-state index contributed by atoms with van der Waals surface area (Å²) in [5.74, 6) is -1.57. The second-order valence-electron chi connectivity index (χ2n) is 6.31. The minimum atomic E-state index is -0.755. The van der Waals surface area contributed by atoms with Gasteiger partial charge >= 0.3 is 5.63 Å². The number of nitrogens with one attached hydrogen (secondary N) is 1. The number of hydrogen-bond donors (Lipinski definition) is 2. The van der Waals surface area contributed by atoms with E-state index in [2.05, 4.69) is 5.32 Å². The Hall–Kier alpha value is -3.12. The minimum Gasteiger partial charge on any atom is -0.507 e. The monoisotopic (exact) mass is 401 g/mol. The van der Waals surface area contributed by atoms with Gasteiger partial charge in [-0.3, -0.25) is 4.79 Å². The van der Waals surface area contributed by atoms with Crippen molar-refractivity contribution in [1.29, 1.82) is 0 Å². The smallest absolute Gasteiger partial charge is 0.343 e. The Balaban J connectivity index is 1.95. The Morgan fingerprint density at radius 3 is 2.43 bits per heavy atom. The van der Waals surface area contributed by atoms with E-state index in [1.165, 1.54) is 30.3 Å². The summed E-state index contributed by atoms with van der Waals surface area (Å²) >= 11 is 5.93. The Morgan fingerprint density at radius 2 is 1.82 bits per heavy atom. The molecule has 0 saturated heterocycles. The molecule has 1 atom stereocenters. The van der Waals surface area contributed by atoms with Crippen LogP contribution in [0.2, 0.25) is 5.02 Å². The molecule has 0 fully saturated rings. The minimum absolute atomic E-state index is 0.0119. The summed E-state index contributed by atoms with van der Waals surface area (Å²) in [5, 5.41) is 13.5. The molecule has 0 aliphatic heterocycles. The van der Waals surface area contributed by atoms with Gasteiger partial charge in [0.1, 0.15) is 17.3 Å². The number of aryl methyl sites for hydroxylation is 1. The molecule has 1 unspecified atom stereocenters. The third-order valence-electron chi connectivity index (χ3n) is 4.23. The highest BCUT2D eigenvalue weighted by Crippen LogP contribution is 2.33. The third kappa shape index (κ3) is 4.58. The van der Waals surface area contributed by atoms with E-state index in [0.717, 1.165) is 0 Å². The zero-order valence-electron chi connectivity index (χ0n) is 14.9. The van der Waals surface area contributed by atoms with Crippen LogP contribution in [0.25, 0.3) is 0 Å². The maximum atomic E-state index is 13.0. The van der Waals surface area contributed by atoms with Crippen LogP contribution in [0, 0.1) is 12.7 Å². The Bertz CT molecular complexity index is 1050. The van der Waals surface area contributed by atoms with E-state index in [4.69, 9.17) is 16.0 Å².